The Morgan fingerprint density at radius 3 is 1.89 bits per heavy atom. The summed E-state index contributed by atoms with van der Waals surface area (Å²) in [6.45, 7) is 14.0. The lowest BCUT2D eigenvalue weighted by Crippen LogP contribution is -2.22. The molecule has 1 aromatic rings. The Kier molecular flexibility index (Phi) is 3.87. The van der Waals surface area contributed by atoms with E-state index in [1.54, 1.807) is 0 Å². The van der Waals surface area contributed by atoms with E-state index in [0.29, 0.717) is 4.88 Å². The van der Waals surface area contributed by atoms with E-state index in [9.17, 15) is 9.90 Å². The highest BCUT2D eigenvalue weighted by Gasteiger charge is 2.33. The predicted molar refractivity (Wildman–Crippen MR) is 75.7 cm³/mol. The van der Waals surface area contributed by atoms with Crippen molar-refractivity contribution in [1.82, 2.24) is 0 Å². The lowest BCUT2D eigenvalue weighted by molar-refractivity contribution is -0.271. The average molecular weight is 266 g/mol. The van der Waals surface area contributed by atoms with Gasteiger partial charge in [-0.3, -0.25) is 4.79 Å². The van der Waals surface area contributed by atoms with Crippen LogP contribution in [0.3, 0.4) is 0 Å². The van der Waals surface area contributed by atoms with Crippen LogP contribution >= 0.6 is 11.3 Å². The zero-order valence-electron chi connectivity index (χ0n) is 12.3. The highest BCUT2D eigenvalue weighted by molar-refractivity contribution is 7.13. The van der Waals surface area contributed by atoms with Crippen LogP contribution in [0.1, 0.15) is 67.2 Å². The van der Waals surface area contributed by atoms with Gasteiger partial charge in [0, 0.05) is 11.0 Å². The van der Waals surface area contributed by atoms with Gasteiger partial charge in [0.15, 0.2) is 0 Å². The van der Waals surface area contributed by atoms with Crippen LogP contribution in [-0.2, 0) is 10.8 Å². The van der Waals surface area contributed by atoms with E-state index in [1.165, 1.54) is 11.3 Å². The first-order chi connectivity index (χ1) is 8.00. The zero-order chi connectivity index (χ0) is 14.3. The maximum atomic E-state index is 12.6. The molecule has 0 aliphatic rings. The van der Waals surface area contributed by atoms with E-state index < -0.39 is 0 Å². The van der Waals surface area contributed by atoms with Gasteiger partial charge >= 0.3 is 0 Å². The summed E-state index contributed by atoms with van der Waals surface area (Å²) in [4.78, 5) is 12.6. The largest absolute Gasteiger partial charge is 0.869 e. The van der Waals surface area contributed by atoms with E-state index in [-0.39, 0.29) is 16.6 Å². The van der Waals surface area contributed by atoms with E-state index in [0.717, 1.165) is 22.3 Å². The summed E-state index contributed by atoms with van der Waals surface area (Å²) in [5, 5.41) is 12.6. The normalized spacial score (nSPS) is 12.6. The standard InChI is InChI=1S/C15H22O2S/c1-9-10(8-16)18-13(15(5,6)7)12(17)11(9)14(2,3)4/h8H,1-7H3. The molecule has 0 spiro atoms. The molecule has 1 heterocycles. The molecule has 18 heavy (non-hydrogen) atoms. The van der Waals surface area contributed by atoms with Gasteiger partial charge in [-0.05, 0) is 23.7 Å². The predicted octanol–water partition coefficient (Wildman–Crippen LogP) is 3.82. The van der Waals surface area contributed by atoms with Gasteiger partial charge in [0.1, 0.15) is 0 Å². The minimum absolute atomic E-state index is 0.100. The molecule has 0 atom stereocenters. The fourth-order valence-corrected chi connectivity index (χ4v) is 3.17. The van der Waals surface area contributed by atoms with Crippen molar-refractivity contribution < 1.29 is 9.90 Å². The topological polar surface area (TPSA) is 40.1 Å². The number of carbonyl (C=O) groups excluding carboxylic acids is 1. The SMILES string of the molecule is Cc1c(C=O)[s+]c(C(C)(C)C)c([O-])c1C(C)(C)C. The monoisotopic (exact) mass is 266 g/mol. The van der Waals surface area contributed by atoms with Gasteiger partial charge < -0.3 is 5.11 Å². The van der Waals surface area contributed by atoms with Gasteiger partial charge in [-0.25, -0.2) is 0 Å². The molecule has 0 aliphatic heterocycles. The van der Waals surface area contributed by atoms with Crippen molar-refractivity contribution in [2.45, 2.75) is 59.3 Å². The molecule has 0 saturated heterocycles. The molecular formula is C15H22O2S. The lowest BCUT2D eigenvalue weighted by atomic mass is 9.81. The van der Waals surface area contributed by atoms with Crippen LogP contribution in [-0.4, -0.2) is 6.29 Å². The van der Waals surface area contributed by atoms with E-state index in [4.69, 9.17) is 0 Å². The third kappa shape index (κ3) is 2.72. The van der Waals surface area contributed by atoms with Crippen molar-refractivity contribution in [2.75, 3.05) is 0 Å². The Morgan fingerprint density at radius 2 is 1.56 bits per heavy atom. The Morgan fingerprint density at radius 1 is 1.06 bits per heavy atom. The molecule has 1 aromatic heterocycles. The van der Waals surface area contributed by atoms with Crippen LogP contribution in [0, 0.1) is 6.92 Å². The molecule has 3 heteroatoms. The third-order valence-corrected chi connectivity index (χ3v) is 4.55. The fourth-order valence-electron chi connectivity index (χ4n) is 2.15. The first kappa shape index (κ1) is 15.1. The molecule has 0 aliphatic carbocycles. The van der Waals surface area contributed by atoms with Gasteiger partial charge in [0.25, 0.3) is 4.88 Å². The summed E-state index contributed by atoms with van der Waals surface area (Å²) >= 11 is 1.33. The van der Waals surface area contributed by atoms with Crippen LogP contribution in [0.15, 0.2) is 0 Å². The second kappa shape index (κ2) is 4.61. The Bertz CT molecular complexity index is 477. The number of rotatable bonds is 1. The highest BCUT2D eigenvalue weighted by atomic mass is 32.1. The molecular weight excluding hydrogens is 244 g/mol. The minimum atomic E-state index is -0.243. The van der Waals surface area contributed by atoms with Crippen molar-refractivity contribution in [1.29, 1.82) is 0 Å². The van der Waals surface area contributed by atoms with E-state index >= 15 is 0 Å². The first-order valence-corrected chi connectivity index (χ1v) is 6.95. The molecule has 0 N–H and O–H groups in total. The Labute approximate surface area is 114 Å². The molecule has 100 valence electrons. The number of carbonyl (C=O) groups is 1. The summed E-state index contributed by atoms with van der Waals surface area (Å²) in [5.74, 6) is 0.100. The molecule has 0 saturated carbocycles. The van der Waals surface area contributed by atoms with Crippen molar-refractivity contribution >= 4 is 17.6 Å². The molecule has 0 bridgehead atoms. The van der Waals surface area contributed by atoms with Crippen LogP contribution in [0.5, 0.6) is 5.75 Å². The summed E-state index contributed by atoms with van der Waals surface area (Å²) in [7, 11) is 0. The molecule has 2 nitrogen and oxygen atoms in total. The van der Waals surface area contributed by atoms with Gasteiger partial charge in [-0.15, -0.1) is 0 Å². The maximum absolute atomic E-state index is 12.6. The van der Waals surface area contributed by atoms with Crippen molar-refractivity contribution in [3.8, 4) is 5.75 Å². The first-order valence-electron chi connectivity index (χ1n) is 6.14. The van der Waals surface area contributed by atoms with Crippen molar-refractivity contribution in [2.24, 2.45) is 0 Å². The fraction of sp³-hybridized carbons (Fsp3) is 0.600. The quantitative estimate of drug-likeness (QED) is 0.572. The van der Waals surface area contributed by atoms with Crippen LogP contribution in [0.2, 0.25) is 0 Å². The van der Waals surface area contributed by atoms with Crippen LogP contribution < -0.4 is 5.11 Å². The highest BCUT2D eigenvalue weighted by Crippen LogP contribution is 2.43. The van der Waals surface area contributed by atoms with E-state index in [2.05, 4.69) is 0 Å². The number of hydrogen-bond donors (Lipinski definition) is 0. The smallest absolute Gasteiger partial charge is 0.273 e. The van der Waals surface area contributed by atoms with Gasteiger partial charge in [-0.2, -0.15) is 0 Å². The minimum Gasteiger partial charge on any atom is -0.869 e. The van der Waals surface area contributed by atoms with Crippen LogP contribution in [0.25, 0.3) is 0 Å². The van der Waals surface area contributed by atoms with Gasteiger partial charge in [0.05, 0.1) is 0 Å². The van der Waals surface area contributed by atoms with Crippen molar-refractivity contribution in [3.05, 3.63) is 20.9 Å². The second-order valence-corrected chi connectivity index (χ2v) is 7.79. The number of hydrogen-bond acceptors (Lipinski definition) is 2. The zero-order valence-corrected chi connectivity index (χ0v) is 13.1. The lowest BCUT2D eigenvalue weighted by Gasteiger charge is -2.29. The summed E-state index contributed by atoms with van der Waals surface area (Å²) in [6, 6.07) is 0. The maximum Gasteiger partial charge on any atom is 0.273 e. The molecule has 0 radical (unpaired) electrons. The molecule has 0 fully saturated rings. The Balaban J connectivity index is 3.76. The summed E-state index contributed by atoms with van der Waals surface area (Å²) < 4.78 is 0. The van der Waals surface area contributed by atoms with Crippen molar-refractivity contribution in [3.63, 3.8) is 0 Å². The van der Waals surface area contributed by atoms with Crippen LogP contribution in [0.4, 0.5) is 0 Å². The van der Waals surface area contributed by atoms with Gasteiger partial charge in [-0.1, -0.05) is 41.5 Å². The molecule has 0 amide bonds. The second-order valence-electron chi connectivity index (χ2n) is 6.74. The molecule has 0 aromatic carbocycles. The molecule has 1 rings (SSSR count). The number of aldehydes is 1. The summed E-state index contributed by atoms with van der Waals surface area (Å²) in [5.41, 5.74) is 1.13. The molecule has 0 unspecified atom stereocenters. The summed E-state index contributed by atoms with van der Waals surface area (Å²) in [6.07, 6.45) is 0.865. The van der Waals surface area contributed by atoms with Gasteiger partial charge in [0.2, 0.25) is 22.5 Å². The van der Waals surface area contributed by atoms with E-state index in [1.807, 2.05) is 48.5 Å². The average Bonchev–Trinajstić information content (AvgIpc) is 2.13. The Hall–Kier alpha value is -0.960. The third-order valence-electron chi connectivity index (χ3n) is 2.93.